The predicted octanol–water partition coefficient (Wildman–Crippen LogP) is 2.06. The Bertz CT molecular complexity index is 234. The summed E-state index contributed by atoms with van der Waals surface area (Å²) in [6.07, 6.45) is 5.93. The van der Waals surface area contributed by atoms with Crippen molar-refractivity contribution in [2.75, 3.05) is 26.2 Å². The van der Waals surface area contributed by atoms with Gasteiger partial charge in [0.2, 0.25) is 5.91 Å². The van der Waals surface area contributed by atoms with Crippen LogP contribution in [-0.2, 0) is 4.79 Å². The van der Waals surface area contributed by atoms with Crippen molar-refractivity contribution in [3.8, 4) is 0 Å². The minimum absolute atomic E-state index is 0. The van der Waals surface area contributed by atoms with E-state index in [1.54, 1.807) is 0 Å². The van der Waals surface area contributed by atoms with Crippen molar-refractivity contribution < 1.29 is 4.79 Å². The molecule has 2 saturated heterocycles. The van der Waals surface area contributed by atoms with Gasteiger partial charge in [0.1, 0.15) is 0 Å². The van der Waals surface area contributed by atoms with Crippen LogP contribution in [0.1, 0.15) is 39.0 Å². The highest BCUT2D eigenvalue weighted by atomic mass is 35.5. The molecule has 0 bridgehead atoms. The Morgan fingerprint density at radius 3 is 2.53 bits per heavy atom. The molecule has 0 aliphatic carbocycles. The van der Waals surface area contributed by atoms with E-state index < -0.39 is 0 Å². The van der Waals surface area contributed by atoms with Crippen LogP contribution in [0.25, 0.3) is 0 Å². The molecule has 0 spiro atoms. The number of amides is 1. The number of piperidine rings is 2. The summed E-state index contributed by atoms with van der Waals surface area (Å²) in [6.45, 7) is 6.23. The molecular formula is C13H25ClN2O. The zero-order valence-electron chi connectivity index (χ0n) is 10.8. The summed E-state index contributed by atoms with van der Waals surface area (Å²) >= 11 is 0. The Morgan fingerprint density at radius 2 is 2.00 bits per heavy atom. The largest absolute Gasteiger partial charge is 0.342 e. The number of carbonyl (C=O) groups excluding carboxylic acids is 1. The van der Waals surface area contributed by atoms with Crippen LogP contribution in [0.3, 0.4) is 0 Å². The molecule has 2 fully saturated rings. The van der Waals surface area contributed by atoms with E-state index in [9.17, 15) is 4.79 Å². The summed E-state index contributed by atoms with van der Waals surface area (Å²) < 4.78 is 0. The maximum Gasteiger partial charge on any atom is 0.226 e. The van der Waals surface area contributed by atoms with E-state index in [2.05, 4.69) is 17.1 Å². The second-order valence-electron chi connectivity index (χ2n) is 5.22. The van der Waals surface area contributed by atoms with Crippen LogP contribution in [-0.4, -0.2) is 37.0 Å². The number of hydrogen-bond donors (Lipinski definition) is 1. The molecule has 0 aromatic carbocycles. The lowest BCUT2D eigenvalue weighted by Crippen LogP contribution is -2.46. The molecule has 0 radical (unpaired) electrons. The van der Waals surface area contributed by atoms with Crippen molar-refractivity contribution in [1.82, 2.24) is 10.2 Å². The van der Waals surface area contributed by atoms with E-state index in [-0.39, 0.29) is 18.3 Å². The average molecular weight is 261 g/mol. The molecule has 2 aliphatic rings. The molecule has 0 aromatic rings. The third-order valence-corrected chi connectivity index (χ3v) is 4.15. The molecule has 1 amide bonds. The first-order valence-corrected chi connectivity index (χ1v) is 6.80. The summed E-state index contributed by atoms with van der Waals surface area (Å²) in [7, 11) is 0. The Labute approximate surface area is 111 Å². The molecule has 1 N–H and O–H groups in total. The second kappa shape index (κ2) is 7.22. The van der Waals surface area contributed by atoms with Crippen molar-refractivity contribution in [3.05, 3.63) is 0 Å². The highest BCUT2D eigenvalue weighted by Gasteiger charge is 2.28. The molecule has 1 unspecified atom stereocenters. The molecule has 17 heavy (non-hydrogen) atoms. The first kappa shape index (κ1) is 14.8. The van der Waals surface area contributed by atoms with E-state index >= 15 is 0 Å². The minimum atomic E-state index is 0. The number of hydrogen-bond acceptors (Lipinski definition) is 2. The zero-order valence-corrected chi connectivity index (χ0v) is 11.6. The van der Waals surface area contributed by atoms with Crippen molar-refractivity contribution >= 4 is 18.3 Å². The summed E-state index contributed by atoms with van der Waals surface area (Å²) in [4.78, 5) is 14.3. The van der Waals surface area contributed by atoms with Crippen molar-refractivity contribution in [3.63, 3.8) is 0 Å². The SMILES string of the molecule is CCC1CCN(C(=O)C2CCCNC2)CC1.Cl. The summed E-state index contributed by atoms with van der Waals surface area (Å²) in [5, 5.41) is 3.33. The van der Waals surface area contributed by atoms with Crippen molar-refractivity contribution in [2.45, 2.75) is 39.0 Å². The molecule has 1 atom stereocenters. The smallest absolute Gasteiger partial charge is 0.226 e. The van der Waals surface area contributed by atoms with Crippen LogP contribution in [0.15, 0.2) is 0 Å². The van der Waals surface area contributed by atoms with Gasteiger partial charge in [-0.15, -0.1) is 12.4 Å². The Kier molecular flexibility index (Phi) is 6.28. The lowest BCUT2D eigenvalue weighted by atomic mass is 9.92. The number of halogens is 1. The van der Waals surface area contributed by atoms with Gasteiger partial charge in [-0.3, -0.25) is 4.79 Å². The lowest BCUT2D eigenvalue weighted by molar-refractivity contribution is -0.137. The first-order valence-electron chi connectivity index (χ1n) is 6.80. The van der Waals surface area contributed by atoms with Gasteiger partial charge in [-0.05, 0) is 38.1 Å². The van der Waals surface area contributed by atoms with E-state index in [0.29, 0.717) is 5.91 Å². The topological polar surface area (TPSA) is 32.3 Å². The Hall–Kier alpha value is -0.280. The number of nitrogens with one attached hydrogen (secondary N) is 1. The number of nitrogens with zero attached hydrogens (tertiary/aromatic N) is 1. The first-order chi connectivity index (χ1) is 7.81. The zero-order chi connectivity index (χ0) is 11.4. The quantitative estimate of drug-likeness (QED) is 0.824. The van der Waals surface area contributed by atoms with Gasteiger partial charge in [-0.1, -0.05) is 13.3 Å². The van der Waals surface area contributed by atoms with Crippen LogP contribution in [0.2, 0.25) is 0 Å². The van der Waals surface area contributed by atoms with Crippen LogP contribution in [0, 0.1) is 11.8 Å². The predicted molar refractivity (Wildman–Crippen MR) is 72.4 cm³/mol. The van der Waals surface area contributed by atoms with Crippen LogP contribution in [0.5, 0.6) is 0 Å². The van der Waals surface area contributed by atoms with Crippen molar-refractivity contribution in [2.24, 2.45) is 11.8 Å². The number of likely N-dealkylation sites (tertiary alicyclic amines) is 1. The standard InChI is InChI=1S/C13H24N2O.ClH/c1-2-11-5-8-15(9-6-11)13(16)12-4-3-7-14-10-12;/h11-12,14H,2-10H2,1H3;1H. The van der Waals surface area contributed by atoms with E-state index in [1.807, 2.05) is 0 Å². The number of carbonyl (C=O) groups is 1. The van der Waals surface area contributed by atoms with E-state index in [4.69, 9.17) is 0 Å². The summed E-state index contributed by atoms with van der Waals surface area (Å²) in [5.41, 5.74) is 0. The van der Waals surface area contributed by atoms with Crippen LogP contribution in [0.4, 0.5) is 0 Å². The monoisotopic (exact) mass is 260 g/mol. The van der Waals surface area contributed by atoms with Crippen LogP contribution >= 0.6 is 12.4 Å². The van der Waals surface area contributed by atoms with Gasteiger partial charge in [-0.2, -0.15) is 0 Å². The molecular weight excluding hydrogens is 236 g/mol. The summed E-state index contributed by atoms with van der Waals surface area (Å²) in [5.74, 6) is 1.52. The molecule has 4 heteroatoms. The fraction of sp³-hybridized carbons (Fsp3) is 0.923. The average Bonchev–Trinajstić information content (AvgIpc) is 2.39. The summed E-state index contributed by atoms with van der Waals surface area (Å²) in [6, 6.07) is 0. The third-order valence-electron chi connectivity index (χ3n) is 4.15. The van der Waals surface area contributed by atoms with Gasteiger partial charge in [-0.25, -0.2) is 0 Å². The molecule has 0 aromatic heterocycles. The molecule has 2 rings (SSSR count). The van der Waals surface area contributed by atoms with Gasteiger partial charge < -0.3 is 10.2 Å². The Morgan fingerprint density at radius 1 is 1.29 bits per heavy atom. The van der Waals surface area contributed by atoms with E-state index in [1.165, 1.54) is 19.3 Å². The second-order valence-corrected chi connectivity index (χ2v) is 5.22. The Balaban J connectivity index is 0.00000144. The fourth-order valence-corrected chi connectivity index (χ4v) is 2.88. The number of rotatable bonds is 2. The molecule has 0 saturated carbocycles. The molecule has 2 aliphatic heterocycles. The molecule has 100 valence electrons. The molecule has 2 heterocycles. The highest BCUT2D eigenvalue weighted by Crippen LogP contribution is 2.22. The van der Waals surface area contributed by atoms with Gasteiger partial charge in [0, 0.05) is 19.6 Å². The van der Waals surface area contributed by atoms with E-state index in [0.717, 1.165) is 44.9 Å². The minimum Gasteiger partial charge on any atom is -0.342 e. The normalized spacial score (nSPS) is 26.4. The maximum atomic E-state index is 12.2. The van der Waals surface area contributed by atoms with Gasteiger partial charge in [0.05, 0.1) is 5.92 Å². The van der Waals surface area contributed by atoms with Crippen LogP contribution < -0.4 is 5.32 Å². The fourth-order valence-electron chi connectivity index (χ4n) is 2.88. The lowest BCUT2D eigenvalue weighted by Gasteiger charge is -2.35. The third kappa shape index (κ3) is 3.85. The highest BCUT2D eigenvalue weighted by molar-refractivity contribution is 5.85. The molecule has 3 nitrogen and oxygen atoms in total. The van der Waals surface area contributed by atoms with Gasteiger partial charge in [0.15, 0.2) is 0 Å². The van der Waals surface area contributed by atoms with Gasteiger partial charge in [0.25, 0.3) is 0 Å². The van der Waals surface area contributed by atoms with Crippen molar-refractivity contribution in [1.29, 1.82) is 0 Å². The maximum absolute atomic E-state index is 12.2. The van der Waals surface area contributed by atoms with Gasteiger partial charge >= 0.3 is 0 Å².